The van der Waals surface area contributed by atoms with Crippen LogP contribution in [0.2, 0.25) is 0 Å². The molecule has 2 aromatic rings. The fraction of sp³-hybridized carbons (Fsp3) is 0.409. The predicted octanol–water partition coefficient (Wildman–Crippen LogP) is 5.60. The van der Waals surface area contributed by atoms with Gasteiger partial charge in [0.2, 0.25) is 0 Å². The number of esters is 1. The van der Waals surface area contributed by atoms with Crippen LogP contribution < -0.4 is 4.74 Å². The second-order valence-corrected chi connectivity index (χ2v) is 7.44. The molecule has 0 amide bonds. The fourth-order valence-electron chi connectivity index (χ4n) is 3.49. The largest absolute Gasteiger partial charge is 0.423 e. The molecule has 0 spiro atoms. The molecule has 0 aliphatic carbocycles. The van der Waals surface area contributed by atoms with Crippen molar-refractivity contribution in [2.24, 2.45) is 5.92 Å². The highest BCUT2D eigenvalue weighted by Gasteiger charge is 2.23. The molecule has 0 aromatic heterocycles. The van der Waals surface area contributed by atoms with Gasteiger partial charge in [0.15, 0.2) is 0 Å². The van der Waals surface area contributed by atoms with E-state index in [4.69, 9.17) is 9.47 Å². The van der Waals surface area contributed by atoms with Crippen LogP contribution in [0, 0.1) is 38.3 Å². The first-order valence-electron chi connectivity index (χ1n) is 9.16. The lowest BCUT2D eigenvalue weighted by Gasteiger charge is -2.28. The minimum Gasteiger partial charge on any atom is -0.423 e. The fourth-order valence-corrected chi connectivity index (χ4v) is 3.49. The van der Waals surface area contributed by atoms with E-state index in [-0.39, 0.29) is 17.4 Å². The van der Waals surface area contributed by atoms with Gasteiger partial charge in [0.25, 0.3) is 0 Å². The number of ether oxygens (including phenoxy) is 2. The summed E-state index contributed by atoms with van der Waals surface area (Å²) in [5.41, 5.74) is 2.86. The Morgan fingerprint density at radius 1 is 1.04 bits per heavy atom. The molecule has 3 rings (SSSR count). The molecule has 27 heavy (non-hydrogen) atoms. The highest BCUT2D eigenvalue weighted by atomic mass is 19.1. The van der Waals surface area contributed by atoms with Crippen molar-refractivity contribution < 1.29 is 23.0 Å². The Morgan fingerprint density at radius 3 is 2.15 bits per heavy atom. The van der Waals surface area contributed by atoms with Gasteiger partial charge in [-0.05, 0) is 56.2 Å². The summed E-state index contributed by atoms with van der Waals surface area (Å²) in [7, 11) is 0. The average Bonchev–Trinajstić information content (AvgIpc) is 2.59. The maximum atomic E-state index is 13.7. The number of halogens is 2. The number of hydrogen-bond donors (Lipinski definition) is 0. The average molecular weight is 374 g/mol. The highest BCUT2D eigenvalue weighted by Crippen LogP contribution is 2.32. The van der Waals surface area contributed by atoms with Crippen molar-refractivity contribution in [2.45, 2.75) is 46.6 Å². The van der Waals surface area contributed by atoms with Crippen LogP contribution in [-0.2, 0) is 4.74 Å². The molecule has 0 bridgehead atoms. The van der Waals surface area contributed by atoms with Crippen LogP contribution in [0.1, 0.15) is 58.5 Å². The standard InChI is InChI=1S/C22H24F2O3/c1-12-5-6-20(26-11-12)16-7-13(2)21(14(3)8-16)22(25)27-17-9-18(23)15(4)19(24)10-17/h7-10,12,20H,5-6,11H2,1-4H3. The molecule has 3 nitrogen and oxygen atoms in total. The van der Waals surface area contributed by atoms with Crippen LogP contribution in [0.25, 0.3) is 0 Å². The normalized spacial score (nSPS) is 19.8. The Balaban J connectivity index is 1.83. The number of rotatable bonds is 3. The molecule has 144 valence electrons. The van der Waals surface area contributed by atoms with Crippen molar-refractivity contribution in [1.82, 2.24) is 0 Å². The molecule has 1 saturated heterocycles. The van der Waals surface area contributed by atoms with Crippen molar-refractivity contribution in [3.63, 3.8) is 0 Å². The number of hydrogen-bond acceptors (Lipinski definition) is 3. The Kier molecular flexibility index (Phi) is 5.61. The third-order valence-corrected chi connectivity index (χ3v) is 5.10. The maximum absolute atomic E-state index is 13.7. The van der Waals surface area contributed by atoms with E-state index in [9.17, 15) is 13.6 Å². The zero-order chi connectivity index (χ0) is 19.7. The molecular weight excluding hydrogens is 350 g/mol. The lowest BCUT2D eigenvalue weighted by Crippen LogP contribution is -2.19. The zero-order valence-electron chi connectivity index (χ0n) is 16.1. The number of benzene rings is 2. The number of carbonyl (C=O) groups is 1. The molecule has 1 aliphatic rings. The van der Waals surface area contributed by atoms with Crippen molar-refractivity contribution in [3.8, 4) is 5.75 Å². The van der Waals surface area contributed by atoms with Gasteiger partial charge < -0.3 is 9.47 Å². The second-order valence-electron chi connectivity index (χ2n) is 7.44. The topological polar surface area (TPSA) is 35.5 Å². The van der Waals surface area contributed by atoms with E-state index < -0.39 is 17.6 Å². The van der Waals surface area contributed by atoms with Crippen molar-refractivity contribution in [3.05, 3.63) is 63.7 Å². The van der Waals surface area contributed by atoms with Gasteiger partial charge in [0, 0.05) is 24.3 Å². The zero-order valence-corrected chi connectivity index (χ0v) is 16.1. The molecule has 0 radical (unpaired) electrons. The summed E-state index contributed by atoms with van der Waals surface area (Å²) in [6, 6.07) is 5.90. The minimum absolute atomic E-state index is 0.0314. The lowest BCUT2D eigenvalue weighted by molar-refractivity contribution is -0.0124. The first-order valence-corrected chi connectivity index (χ1v) is 9.16. The van der Waals surface area contributed by atoms with Gasteiger partial charge in [-0.3, -0.25) is 0 Å². The van der Waals surface area contributed by atoms with E-state index in [0.717, 1.165) is 48.3 Å². The number of carbonyl (C=O) groups excluding carboxylic acids is 1. The summed E-state index contributed by atoms with van der Waals surface area (Å²) in [5, 5.41) is 0. The molecule has 1 fully saturated rings. The van der Waals surface area contributed by atoms with Crippen LogP contribution in [0.3, 0.4) is 0 Å². The Labute approximate surface area is 158 Å². The lowest BCUT2D eigenvalue weighted by atomic mass is 9.92. The summed E-state index contributed by atoms with van der Waals surface area (Å²) >= 11 is 0. The Hall–Kier alpha value is -2.27. The Bertz CT molecular complexity index is 822. The first kappa shape index (κ1) is 19.5. The Morgan fingerprint density at radius 2 is 1.63 bits per heavy atom. The van der Waals surface area contributed by atoms with Gasteiger partial charge >= 0.3 is 5.97 Å². The van der Waals surface area contributed by atoms with Gasteiger partial charge in [-0.1, -0.05) is 19.1 Å². The smallest absolute Gasteiger partial charge is 0.344 e. The quantitative estimate of drug-likeness (QED) is 0.518. The minimum atomic E-state index is -0.745. The monoisotopic (exact) mass is 374 g/mol. The molecule has 5 heteroatoms. The third-order valence-electron chi connectivity index (χ3n) is 5.10. The van der Waals surface area contributed by atoms with E-state index in [1.54, 1.807) is 0 Å². The van der Waals surface area contributed by atoms with E-state index in [2.05, 4.69) is 6.92 Å². The first-order chi connectivity index (χ1) is 12.8. The van der Waals surface area contributed by atoms with E-state index in [1.807, 2.05) is 26.0 Å². The molecule has 0 N–H and O–H groups in total. The van der Waals surface area contributed by atoms with Gasteiger partial charge in [-0.2, -0.15) is 0 Å². The predicted molar refractivity (Wildman–Crippen MR) is 99.1 cm³/mol. The third kappa shape index (κ3) is 4.19. The van der Waals surface area contributed by atoms with E-state index in [1.165, 1.54) is 6.92 Å². The molecule has 0 saturated carbocycles. The van der Waals surface area contributed by atoms with Crippen LogP contribution in [0.4, 0.5) is 8.78 Å². The SMILES string of the molecule is Cc1cc(C2CCC(C)CO2)cc(C)c1C(=O)Oc1cc(F)c(C)c(F)c1. The highest BCUT2D eigenvalue weighted by molar-refractivity contribution is 5.94. The van der Waals surface area contributed by atoms with Crippen LogP contribution in [0.5, 0.6) is 5.75 Å². The molecular formula is C22H24F2O3. The summed E-state index contributed by atoms with van der Waals surface area (Å²) in [5.74, 6) is -1.70. The van der Waals surface area contributed by atoms with Crippen molar-refractivity contribution in [1.29, 1.82) is 0 Å². The van der Waals surface area contributed by atoms with Crippen molar-refractivity contribution >= 4 is 5.97 Å². The van der Waals surface area contributed by atoms with E-state index in [0.29, 0.717) is 11.5 Å². The summed E-state index contributed by atoms with van der Waals surface area (Å²) < 4.78 is 38.5. The van der Waals surface area contributed by atoms with Gasteiger partial charge in [-0.25, -0.2) is 13.6 Å². The van der Waals surface area contributed by atoms with Crippen LogP contribution in [0.15, 0.2) is 24.3 Å². The van der Waals surface area contributed by atoms with Gasteiger partial charge in [-0.15, -0.1) is 0 Å². The number of aryl methyl sites for hydroxylation is 2. The van der Waals surface area contributed by atoms with Gasteiger partial charge in [0.1, 0.15) is 17.4 Å². The maximum Gasteiger partial charge on any atom is 0.344 e. The summed E-state index contributed by atoms with van der Waals surface area (Å²) in [6.45, 7) is 7.89. The summed E-state index contributed by atoms with van der Waals surface area (Å²) in [6.07, 6.45) is 2.09. The molecule has 1 heterocycles. The van der Waals surface area contributed by atoms with Crippen molar-refractivity contribution in [2.75, 3.05) is 6.61 Å². The molecule has 2 unspecified atom stereocenters. The molecule has 1 aliphatic heterocycles. The molecule has 2 aromatic carbocycles. The second kappa shape index (κ2) is 7.77. The van der Waals surface area contributed by atoms with Gasteiger partial charge in [0.05, 0.1) is 11.7 Å². The summed E-state index contributed by atoms with van der Waals surface area (Å²) in [4.78, 5) is 12.6. The van der Waals surface area contributed by atoms with E-state index >= 15 is 0 Å². The molecule has 2 atom stereocenters. The van der Waals surface area contributed by atoms with Crippen LogP contribution >= 0.6 is 0 Å². The van der Waals surface area contributed by atoms with Crippen LogP contribution in [-0.4, -0.2) is 12.6 Å².